The zero-order valence-electron chi connectivity index (χ0n) is 5.69. The topological polar surface area (TPSA) is 38.9 Å². The number of aromatic nitrogens is 1. The molecule has 2 nitrogen and oxygen atoms in total. The third-order valence-corrected chi connectivity index (χ3v) is 2.66. The van der Waals surface area contributed by atoms with Gasteiger partial charge in [0.1, 0.15) is 11.0 Å². The van der Waals surface area contributed by atoms with E-state index in [9.17, 15) is 8.78 Å². The quantitative estimate of drug-likeness (QED) is 0.640. The summed E-state index contributed by atoms with van der Waals surface area (Å²) in [6.07, 6.45) is -2.61. The summed E-state index contributed by atoms with van der Waals surface area (Å²) in [5, 5.41) is 0.150. The molecule has 1 aromatic rings. The maximum atomic E-state index is 12.2. The highest BCUT2D eigenvalue weighted by Crippen LogP contribution is 2.28. The van der Waals surface area contributed by atoms with Crippen LogP contribution in [0.25, 0.3) is 0 Å². The fraction of sp³-hybridized carbons (Fsp3) is 0.167. The van der Waals surface area contributed by atoms with E-state index in [1.54, 1.807) is 0 Å². The Balaban J connectivity index is 3.23. The molecule has 12 heavy (non-hydrogen) atoms. The molecule has 1 rings (SSSR count). The summed E-state index contributed by atoms with van der Waals surface area (Å²) in [6, 6.07) is 1.23. The van der Waals surface area contributed by atoms with Crippen LogP contribution in [0.3, 0.4) is 0 Å². The first kappa shape index (κ1) is 9.91. The molecule has 0 radical (unpaired) electrons. The normalized spacial score (nSPS) is 10.8. The molecular formula is C6H4ClF2IN2. The largest absolute Gasteiger partial charge is 0.383 e. The van der Waals surface area contributed by atoms with Crippen molar-refractivity contribution in [2.24, 2.45) is 0 Å². The Labute approximate surface area is 86.3 Å². The Bertz CT molecular complexity index is 306. The second-order valence-corrected chi connectivity index (χ2v) is 3.56. The van der Waals surface area contributed by atoms with Gasteiger partial charge in [-0.1, -0.05) is 11.6 Å². The molecule has 2 N–H and O–H groups in total. The molecule has 0 aliphatic rings. The van der Waals surface area contributed by atoms with Crippen LogP contribution in [0.15, 0.2) is 6.07 Å². The van der Waals surface area contributed by atoms with Crippen LogP contribution in [0.4, 0.5) is 14.6 Å². The minimum Gasteiger partial charge on any atom is -0.383 e. The number of nitrogen functional groups attached to an aromatic ring is 1. The van der Waals surface area contributed by atoms with Gasteiger partial charge in [-0.05, 0) is 28.7 Å². The zero-order chi connectivity index (χ0) is 9.30. The van der Waals surface area contributed by atoms with E-state index < -0.39 is 6.43 Å². The minimum absolute atomic E-state index is 0.150. The van der Waals surface area contributed by atoms with Gasteiger partial charge < -0.3 is 5.73 Å². The van der Waals surface area contributed by atoms with Gasteiger partial charge in [0.25, 0.3) is 6.43 Å². The summed E-state index contributed by atoms with van der Waals surface area (Å²) < 4.78 is 24.8. The average molecular weight is 304 g/mol. The van der Waals surface area contributed by atoms with Gasteiger partial charge >= 0.3 is 0 Å². The standard InChI is InChI=1S/C6H4ClF2IN2/c7-4-3(10)1-2(5(8)9)6(11)12-4/h1,5H,(H2,11,12). The Kier molecular flexibility index (Phi) is 3.05. The van der Waals surface area contributed by atoms with E-state index in [1.165, 1.54) is 6.07 Å². The molecule has 0 bridgehead atoms. The first-order chi connectivity index (χ1) is 5.52. The summed E-state index contributed by atoms with van der Waals surface area (Å²) in [5.41, 5.74) is 4.94. The van der Waals surface area contributed by atoms with E-state index >= 15 is 0 Å². The van der Waals surface area contributed by atoms with Crippen molar-refractivity contribution in [1.82, 2.24) is 4.98 Å². The third-order valence-electron chi connectivity index (χ3n) is 1.23. The molecule has 0 saturated heterocycles. The monoisotopic (exact) mass is 304 g/mol. The average Bonchev–Trinajstić information content (AvgIpc) is 1.96. The van der Waals surface area contributed by atoms with E-state index in [2.05, 4.69) is 4.98 Å². The first-order valence-electron chi connectivity index (χ1n) is 2.92. The number of hydrogen-bond acceptors (Lipinski definition) is 2. The van der Waals surface area contributed by atoms with Crippen LogP contribution in [0.1, 0.15) is 12.0 Å². The van der Waals surface area contributed by atoms with Gasteiger partial charge in [-0.2, -0.15) is 0 Å². The van der Waals surface area contributed by atoms with Crippen molar-refractivity contribution in [3.05, 3.63) is 20.4 Å². The Morgan fingerprint density at radius 2 is 2.17 bits per heavy atom. The Hall–Kier alpha value is -0.170. The van der Waals surface area contributed by atoms with Crippen molar-refractivity contribution in [3.63, 3.8) is 0 Å². The van der Waals surface area contributed by atoms with E-state index in [0.717, 1.165) is 0 Å². The number of nitrogens with two attached hydrogens (primary N) is 1. The number of nitrogens with zero attached hydrogens (tertiary/aromatic N) is 1. The molecule has 0 atom stereocenters. The van der Waals surface area contributed by atoms with Gasteiger partial charge in [0.2, 0.25) is 0 Å². The van der Waals surface area contributed by atoms with Crippen molar-refractivity contribution >= 4 is 40.0 Å². The van der Waals surface area contributed by atoms with Gasteiger partial charge in [0, 0.05) is 0 Å². The lowest BCUT2D eigenvalue weighted by Crippen LogP contribution is -1.99. The molecule has 0 saturated carbocycles. The highest BCUT2D eigenvalue weighted by molar-refractivity contribution is 14.1. The maximum Gasteiger partial charge on any atom is 0.267 e. The number of halogens is 4. The van der Waals surface area contributed by atoms with Gasteiger partial charge in [-0.3, -0.25) is 0 Å². The molecule has 0 spiro atoms. The molecule has 1 heterocycles. The summed E-state index contributed by atoms with van der Waals surface area (Å²) >= 11 is 7.36. The summed E-state index contributed by atoms with van der Waals surface area (Å²) in [6.45, 7) is 0. The van der Waals surface area contributed by atoms with Gasteiger partial charge in [0.15, 0.2) is 0 Å². The number of hydrogen-bond donors (Lipinski definition) is 1. The van der Waals surface area contributed by atoms with E-state index in [1.807, 2.05) is 22.6 Å². The smallest absolute Gasteiger partial charge is 0.267 e. The fourth-order valence-electron chi connectivity index (χ4n) is 0.669. The Morgan fingerprint density at radius 1 is 1.58 bits per heavy atom. The van der Waals surface area contributed by atoms with Crippen LogP contribution in [0, 0.1) is 3.57 Å². The van der Waals surface area contributed by atoms with E-state index in [4.69, 9.17) is 17.3 Å². The number of alkyl halides is 2. The summed E-state index contributed by atoms with van der Waals surface area (Å²) in [5.74, 6) is -0.213. The molecule has 0 amide bonds. The lowest BCUT2D eigenvalue weighted by molar-refractivity contribution is 0.152. The lowest BCUT2D eigenvalue weighted by atomic mass is 10.3. The molecule has 0 aliphatic heterocycles. The third kappa shape index (κ3) is 1.95. The van der Waals surface area contributed by atoms with Crippen molar-refractivity contribution < 1.29 is 8.78 Å². The van der Waals surface area contributed by atoms with Crippen LogP contribution in [0.5, 0.6) is 0 Å². The summed E-state index contributed by atoms with van der Waals surface area (Å²) in [7, 11) is 0. The molecule has 0 fully saturated rings. The SMILES string of the molecule is Nc1nc(Cl)c(I)cc1C(F)F. The molecule has 0 aliphatic carbocycles. The molecular weight excluding hydrogens is 300 g/mol. The van der Waals surface area contributed by atoms with Crippen molar-refractivity contribution in [2.45, 2.75) is 6.43 Å². The van der Waals surface area contributed by atoms with E-state index in [0.29, 0.717) is 3.57 Å². The number of rotatable bonds is 1. The zero-order valence-corrected chi connectivity index (χ0v) is 8.60. The maximum absolute atomic E-state index is 12.2. The minimum atomic E-state index is -2.61. The molecule has 66 valence electrons. The van der Waals surface area contributed by atoms with E-state index in [-0.39, 0.29) is 16.5 Å². The van der Waals surface area contributed by atoms with Crippen LogP contribution >= 0.6 is 34.2 Å². The second-order valence-electron chi connectivity index (χ2n) is 2.04. The highest BCUT2D eigenvalue weighted by atomic mass is 127. The highest BCUT2D eigenvalue weighted by Gasteiger charge is 2.14. The number of anilines is 1. The van der Waals surface area contributed by atoms with Crippen molar-refractivity contribution in [3.8, 4) is 0 Å². The lowest BCUT2D eigenvalue weighted by Gasteiger charge is -2.04. The van der Waals surface area contributed by atoms with Gasteiger partial charge in [-0.15, -0.1) is 0 Å². The molecule has 0 unspecified atom stereocenters. The van der Waals surface area contributed by atoms with Crippen LogP contribution in [0.2, 0.25) is 5.15 Å². The molecule has 1 aromatic heterocycles. The Morgan fingerprint density at radius 3 is 2.67 bits per heavy atom. The van der Waals surface area contributed by atoms with Crippen molar-refractivity contribution in [2.75, 3.05) is 5.73 Å². The van der Waals surface area contributed by atoms with Crippen LogP contribution in [-0.2, 0) is 0 Å². The molecule has 0 aromatic carbocycles. The first-order valence-corrected chi connectivity index (χ1v) is 4.37. The van der Waals surface area contributed by atoms with Crippen molar-refractivity contribution in [1.29, 1.82) is 0 Å². The predicted octanol–water partition coefficient (Wildman–Crippen LogP) is 2.86. The summed E-state index contributed by atoms with van der Waals surface area (Å²) in [4.78, 5) is 3.55. The molecule has 6 heteroatoms. The predicted molar refractivity (Wildman–Crippen MR) is 51.3 cm³/mol. The number of pyridine rings is 1. The van der Waals surface area contributed by atoms with Gasteiger partial charge in [-0.25, -0.2) is 13.8 Å². The fourth-order valence-corrected chi connectivity index (χ4v) is 1.27. The van der Waals surface area contributed by atoms with Gasteiger partial charge in [0.05, 0.1) is 9.13 Å². The second kappa shape index (κ2) is 3.69. The van der Waals surface area contributed by atoms with Crippen LogP contribution in [-0.4, -0.2) is 4.98 Å². The van der Waals surface area contributed by atoms with Crippen LogP contribution < -0.4 is 5.73 Å².